The summed E-state index contributed by atoms with van der Waals surface area (Å²) in [6.07, 6.45) is 0.258. The molecule has 0 fully saturated rings. The molecule has 2 nitrogen and oxygen atoms in total. The Balaban J connectivity index is 1.88. The zero-order valence-corrected chi connectivity index (χ0v) is 11.9. The molecule has 4 heteroatoms. The molecule has 0 aliphatic heterocycles. The van der Waals surface area contributed by atoms with Crippen LogP contribution in [0.25, 0.3) is 11.0 Å². The normalized spacial score (nSPS) is 10.9. The van der Waals surface area contributed by atoms with E-state index < -0.39 is 0 Å². The molecular weight excluding hydrogens is 295 g/mol. The maximum Gasteiger partial charge on any atom is 0.202 e. The molecule has 0 aliphatic carbocycles. The first-order valence-corrected chi connectivity index (χ1v) is 6.84. The fraction of sp³-hybridized carbons (Fsp3) is 0.0625. The first-order valence-electron chi connectivity index (χ1n) is 6.08. The molecular formula is C16H10Cl2O2. The Labute approximate surface area is 125 Å². The Morgan fingerprint density at radius 1 is 1.00 bits per heavy atom. The highest BCUT2D eigenvalue weighted by Crippen LogP contribution is 2.24. The number of Topliss-reactive ketones (excluding diaryl/α,β-unsaturated/α-hetero) is 1. The van der Waals surface area contributed by atoms with E-state index >= 15 is 0 Å². The van der Waals surface area contributed by atoms with Crippen LogP contribution in [0.2, 0.25) is 10.0 Å². The summed E-state index contributed by atoms with van der Waals surface area (Å²) in [5.41, 5.74) is 1.52. The van der Waals surface area contributed by atoms with Crippen LogP contribution in [0.4, 0.5) is 0 Å². The minimum atomic E-state index is -0.0837. The molecule has 1 aromatic heterocycles. The van der Waals surface area contributed by atoms with Crippen molar-refractivity contribution in [3.05, 3.63) is 69.9 Å². The van der Waals surface area contributed by atoms with Gasteiger partial charge in [-0.25, -0.2) is 0 Å². The summed E-state index contributed by atoms with van der Waals surface area (Å²) in [5.74, 6) is 0.252. The van der Waals surface area contributed by atoms with Crippen LogP contribution in [-0.4, -0.2) is 5.78 Å². The van der Waals surface area contributed by atoms with Crippen molar-refractivity contribution in [3.63, 3.8) is 0 Å². The summed E-state index contributed by atoms with van der Waals surface area (Å²) in [5, 5.41) is 2.06. The van der Waals surface area contributed by atoms with Gasteiger partial charge in [0.2, 0.25) is 5.78 Å². The number of halogens is 2. The monoisotopic (exact) mass is 304 g/mol. The van der Waals surface area contributed by atoms with E-state index in [1.807, 2.05) is 12.1 Å². The Bertz CT molecular complexity index is 790. The largest absolute Gasteiger partial charge is 0.453 e. The van der Waals surface area contributed by atoms with Gasteiger partial charge in [0.1, 0.15) is 5.58 Å². The Morgan fingerprint density at radius 3 is 2.60 bits per heavy atom. The molecule has 0 N–H and O–H groups in total. The SMILES string of the molecule is O=C(Cc1cccc(Cl)c1)c1cc2cc(Cl)ccc2o1. The van der Waals surface area contributed by atoms with E-state index in [-0.39, 0.29) is 12.2 Å². The molecule has 0 spiro atoms. The molecule has 100 valence electrons. The average Bonchev–Trinajstić information content (AvgIpc) is 2.81. The molecule has 3 aromatic rings. The second-order valence-corrected chi connectivity index (χ2v) is 5.40. The van der Waals surface area contributed by atoms with Crippen LogP contribution in [0.1, 0.15) is 16.1 Å². The number of hydrogen-bond donors (Lipinski definition) is 0. The summed E-state index contributed by atoms with van der Waals surface area (Å²) < 4.78 is 5.55. The highest BCUT2D eigenvalue weighted by Gasteiger charge is 2.13. The van der Waals surface area contributed by atoms with Crippen LogP contribution >= 0.6 is 23.2 Å². The van der Waals surface area contributed by atoms with Crippen molar-refractivity contribution >= 4 is 40.0 Å². The van der Waals surface area contributed by atoms with Gasteiger partial charge in [-0.3, -0.25) is 4.79 Å². The Hall–Kier alpha value is -1.77. The third kappa shape index (κ3) is 2.72. The van der Waals surface area contributed by atoms with Crippen LogP contribution in [0.3, 0.4) is 0 Å². The summed E-state index contributed by atoms with van der Waals surface area (Å²) in [7, 11) is 0. The first kappa shape index (κ1) is 13.2. The molecule has 0 atom stereocenters. The van der Waals surface area contributed by atoms with Crippen molar-refractivity contribution in [3.8, 4) is 0 Å². The van der Waals surface area contributed by atoms with Crippen LogP contribution in [0.15, 0.2) is 52.9 Å². The fourth-order valence-corrected chi connectivity index (χ4v) is 2.46. The molecule has 0 radical (unpaired) electrons. The molecule has 0 aliphatic rings. The van der Waals surface area contributed by atoms with Gasteiger partial charge in [-0.1, -0.05) is 35.3 Å². The lowest BCUT2D eigenvalue weighted by Crippen LogP contribution is -2.01. The number of benzene rings is 2. The quantitative estimate of drug-likeness (QED) is 0.625. The van der Waals surface area contributed by atoms with Gasteiger partial charge in [-0.05, 0) is 42.0 Å². The molecule has 1 heterocycles. The van der Waals surface area contributed by atoms with Gasteiger partial charge in [0.15, 0.2) is 5.76 Å². The number of furan rings is 1. The Morgan fingerprint density at radius 2 is 1.80 bits per heavy atom. The summed E-state index contributed by atoms with van der Waals surface area (Å²) >= 11 is 11.8. The minimum absolute atomic E-state index is 0.0837. The summed E-state index contributed by atoms with van der Waals surface area (Å²) in [4.78, 5) is 12.2. The van der Waals surface area contributed by atoms with Crippen molar-refractivity contribution in [2.75, 3.05) is 0 Å². The van der Waals surface area contributed by atoms with Gasteiger partial charge in [-0.2, -0.15) is 0 Å². The zero-order valence-electron chi connectivity index (χ0n) is 10.4. The molecule has 2 aromatic carbocycles. The molecule has 3 rings (SSSR count). The average molecular weight is 305 g/mol. The highest BCUT2D eigenvalue weighted by molar-refractivity contribution is 6.31. The van der Waals surface area contributed by atoms with E-state index in [4.69, 9.17) is 27.6 Å². The van der Waals surface area contributed by atoms with Gasteiger partial charge >= 0.3 is 0 Å². The van der Waals surface area contributed by atoms with Gasteiger partial charge in [0, 0.05) is 21.9 Å². The van der Waals surface area contributed by atoms with Crippen molar-refractivity contribution in [1.82, 2.24) is 0 Å². The van der Waals surface area contributed by atoms with Gasteiger partial charge < -0.3 is 4.42 Å². The third-order valence-corrected chi connectivity index (χ3v) is 3.48. The number of carbonyl (C=O) groups is 1. The van der Waals surface area contributed by atoms with E-state index in [0.29, 0.717) is 21.4 Å². The van der Waals surface area contributed by atoms with Crippen LogP contribution in [0, 0.1) is 0 Å². The van der Waals surface area contributed by atoms with Gasteiger partial charge in [-0.15, -0.1) is 0 Å². The lowest BCUT2D eigenvalue weighted by molar-refractivity contribution is 0.0968. The number of rotatable bonds is 3. The second-order valence-electron chi connectivity index (χ2n) is 4.52. The predicted octanol–water partition coefficient (Wildman–Crippen LogP) is 5.17. The number of hydrogen-bond acceptors (Lipinski definition) is 2. The van der Waals surface area contributed by atoms with Crippen LogP contribution < -0.4 is 0 Å². The molecule has 20 heavy (non-hydrogen) atoms. The smallest absolute Gasteiger partial charge is 0.202 e. The molecule has 0 saturated heterocycles. The zero-order chi connectivity index (χ0) is 14.1. The number of carbonyl (C=O) groups excluding carboxylic acids is 1. The van der Waals surface area contributed by atoms with Crippen LogP contribution in [0.5, 0.6) is 0 Å². The van der Waals surface area contributed by atoms with E-state index in [0.717, 1.165) is 10.9 Å². The van der Waals surface area contributed by atoms with Crippen molar-refractivity contribution in [2.24, 2.45) is 0 Å². The third-order valence-electron chi connectivity index (χ3n) is 3.01. The first-order chi connectivity index (χ1) is 9.61. The predicted molar refractivity (Wildman–Crippen MR) is 80.7 cm³/mol. The van der Waals surface area contributed by atoms with E-state index in [1.165, 1.54) is 0 Å². The van der Waals surface area contributed by atoms with Gasteiger partial charge in [0.25, 0.3) is 0 Å². The van der Waals surface area contributed by atoms with E-state index in [9.17, 15) is 4.79 Å². The van der Waals surface area contributed by atoms with E-state index in [1.54, 1.807) is 36.4 Å². The van der Waals surface area contributed by atoms with Crippen molar-refractivity contribution in [1.29, 1.82) is 0 Å². The standard InChI is InChI=1S/C16H10Cl2O2/c17-12-3-1-2-10(6-12)7-14(19)16-9-11-8-13(18)4-5-15(11)20-16/h1-6,8-9H,7H2. The minimum Gasteiger partial charge on any atom is -0.453 e. The molecule has 0 bridgehead atoms. The second kappa shape index (κ2) is 5.31. The number of ketones is 1. The summed E-state index contributed by atoms with van der Waals surface area (Å²) in [6, 6.07) is 14.2. The van der Waals surface area contributed by atoms with Crippen LogP contribution in [-0.2, 0) is 6.42 Å². The molecule has 0 saturated carbocycles. The topological polar surface area (TPSA) is 30.2 Å². The lowest BCUT2D eigenvalue weighted by Gasteiger charge is -1.99. The highest BCUT2D eigenvalue weighted by atomic mass is 35.5. The maximum absolute atomic E-state index is 12.2. The number of fused-ring (bicyclic) bond motifs is 1. The Kier molecular flexibility index (Phi) is 3.51. The summed E-state index contributed by atoms with van der Waals surface area (Å²) in [6.45, 7) is 0. The van der Waals surface area contributed by atoms with Gasteiger partial charge in [0.05, 0.1) is 0 Å². The molecule has 0 amide bonds. The van der Waals surface area contributed by atoms with Crippen molar-refractivity contribution in [2.45, 2.75) is 6.42 Å². The van der Waals surface area contributed by atoms with E-state index in [2.05, 4.69) is 0 Å². The van der Waals surface area contributed by atoms with Crippen molar-refractivity contribution < 1.29 is 9.21 Å². The molecule has 0 unspecified atom stereocenters. The lowest BCUT2D eigenvalue weighted by atomic mass is 10.1. The maximum atomic E-state index is 12.2. The fourth-order valence-electron chi connectivity index (χ4n) is 2.07.